The average Bonchev–Trinajstić information content (AvgIpc) is 2.57. The third-order valence-electron chi connectivity index (χ3n) is 3.40. The summed E-state index contributed by atoms with van der Waals surface area (Å²) in [7, 11) is 0. The van der Waals surface area contributed by atoms with Gasteiger partial charge >= 0.3 is 6.18 Å². The number of rotatable bonds is 5. The Morgan fingerprint density at radius 3 is 2.56 bits per heavy atom. The van der Waals surface area contributed by atoms with Crippen LogP contribution in [0.3, 0.4) is 0 Å². The molecule has 2 atom stereocenters. The van der Waals surface area contributed by atoms with Crippen molar-refractivity contribution < 1.29 is 22.5 Å². The fourth-order valence-electron chi connectivity index (χ4n) is 2.09. The second-order valence-corrected chi connectivity index (χ2v) is 6.83. The minimum atomic E-state index is -4.52. The van der Waals surface area contributed by atoms with Crippen LogP contribution in [0.4, 0.5) is 36.3 Å². The molecule has 0 radical (unpaired) electrons. The van der Waals surface area contributed by atoms with E-state index in [1.807, 2.05) is 0 Å². The minimum Gasteiger partial charge on any atom is -0.610 e. The van der Waals surface area contributed by atoms with Gasteiger partial charge in [0.2, 0.25) is 11.9 Å². The van der Waals surface area contributed by atoms with Gasteiger partial charge in [0.25, 0.3) is 5.03 Å². The van der Waals surface area contributed by atoms with Gasteiger partial charge in [0.15, 0.2) is 11.5 Å². The summed E-state index contributed by atoms with van der Waals surface area (Å²) in [5.74, 6) is -0.827. The molecule has 0 spiro atoms. The number of nitrogens with two attached hydrogens (primary N) is 2. The highest BCUT2D eigenvalue weighted by molar-refractivity contribution is 7.90. The average molecular weight is 402 g/mol. The van der Waals surface area contributed by atoms with Gasteiger partial charge in [-0.05, 0) is 25.1 Å². The van der Waals surface area contributed by atoms with Crippen LogP contribution in [0.2, 0.25) is 0 Å². The molecule has 12 heteroatoms. The molecule has 1 amide bonds. The molecule has 0 aliphatic rings. The van der Waals surface area contributed by atoms with Crippen molar-refractivity contribution in [3.05, 3.63) is 29.8 Å². The van der Waals surface area contributed by atoms with E-state index in [4.69, 9.17) is 11.5 Å². The van der Waals surface area contributed by atoms with Crippen LogP contribution in [0, 0.1) is 0 Å². The Kier molecular flexibility index (Phi) is 6.01. The third kappa shape index (κ3) is 5.14. The molecule has 2 aromatic rings. The Bertz CT molecular complexity index is 847. The van der Waals surface area contributed by atoms with Crippen LogP contribution in [0.1, 0.15) is 12.5 Å². The summed E-state index contributed by atoms with van der Waals surface area (Å²) in [6.07, 6.45) is -3.17. The smallest absolute Gasteiger partial charge is 0.416 e. The van der Waals surface area contributed by atoms with Crippen molar-refractivity contribution >= 4 is 40.2 Å². The summed E-state index contributed by atoms with van der Waals surface area (Å²) in [5, 5.41) is 5.07. The van der Waals surface area contributed by atoms with E-state index >= 15 is 0 Å². The van der Waals surface area contributed by atoms with Crippen LogP contribution < -0.4 is 22.1 Å². The van der Waals surface area contributed by atoms with Gasteiger partial charge in [-0.1, -0.05) is 6.07 Å². The second-order valence-electron chi connectivity index (χ2n) is 5.54. The number of alkyl halides is 3. The van der Waals surface area contributed by atoms with E-state index < -0.39 is 34.9 Å². The quantitative estimate of drug-likeness (QED) is 0.441. The second kappa shape index (κ2) is 7.88. The van der Waals surface area contributed by atoms with E-state index in [2.05, 4.69) is 20.6 Å². The lowest BCUT2D eigenvalue weighted by Crippen LogP contribution is -2.33. The van der Waals surface area contributed by atoms with Gasteiger partial charge in [0.05, 0.1) is 5.56 Å². The molecule has 1 aromatic heterocycles. The number of halogens is 3. The van der Waals surface area contributed by atoms with E-state index in [0.717, 1.165) is 12.1 Å². The zero-order valence-electron chi connectivity index (χ0n) is 14.3. The van der Waals surface area contributed by atoms with Gasteiger partial charge in [-0.2, -0.15) is 23.1 Å². The SMILES string of the molecule is C[C@H](Nc1nc(N)nc([S+](C)[O-])c1N)C(=O)Nc1cccc(C(F)(F)F)c1. The highest BCUT2D eigenvalue weighted by Gasteiger charge is 2.30. The largest absolute Gasteiger partial charge is 0.610 e. The van der Waals surface area contributed by atoms with Gasteiger partial charge in [0.1, 0.15) is 12.3 Å². The molecular weight excluding hydrogens is 385 g/mol. The molecule has 0 bridgehead atoms. The van der Waals surface area contributed by atoms with Crippen molar-refractivity contribution in [3.63, 3.8) is 0 Å². The standard InChI is InChI=1S/C15H17F3N6O2S/c1-7(21-11-10(19)13(27(2)26)24-14(20)23-11)12(25)22-9-5-3-4-8(6-9)15(16,17)18/h3-7H,19H2,1-2H3,(H,22,25)(H3,20,21,23,24)/t7-,27?/m0/s1. The number of nitrogens with zero attached hydrogens (tertiary/aromatic N) is 2. The van der Waals surface area contributed by atoms with E-state index in [-0.39, 0.29) is 28.2 Å². The van der Waals surface area contributed by atoms with Crippen molar-refractivity contribution in [3.8, 4) is 0 Å². The lowest BCUT2D eigenvalue weighted by molar-refractivity contribution is -0.137. The Balaban J connectivity index is 2.15. The maximum atomic E-state index is 12.7. The molecule has 0 saturated heterocycles. The summed E-state index contributed by atoms with van der Waals surface area (Å²) in [6, 6.07) is 3.29. The maximum Gasteiger partial charge on any atom is 0.416 e. The van der Waals surface area contributed by atoms with Crippen LogP contribution in [-0.2, 0) is 22.1 Å². The number of hydrogen-bond acceptors (Lipinski definition) is 7. The number of carbonyl (C=O) groups excluding carboxylic acids is 1. The molecule has 0 aliphatic carbocycles. The summed E-state index contributed by atoms with van der Waals surface area (Å²) >= 11 is -1.53. The Labute approximate surface area is 155 Å². The van der Waals surface area contributed by atoms with Crippen LogP contribution in [-0.4, -0.2) is 32.7 Å². The molecule has 1 aromatic carbocycles. The van der Waals surface area contributed by atoms with Gasteiger partial charge in [-0.25, -0.2) is 0 Å². The van der Waals surface area contributed by atoms with E-state index in [1.165, 1.54) is 25.3 Å². The van der Waals surface area contributed by atoms with Gasteiger partial charge in [0, 0.05) is 16.9 Å². The fraction of sp³-hybridized carbons (Fsp3) is 0.267. The van der Waals surface area contributed by atoms with Gasteiger partial charge in [-0.3, -0.25) is 4.79 Å². The van der Waals surface area contributed by atoms with Crippen molar-refractivity contribution in [1.29, 1.82) is 0 Å². The first kappa shape index (κ1) is 20.6. The number of aromatic nitrogens is 2. The number of carbonyl (C=O) groups is 1. The molecule has 1 unspecified atom stereocenters. The van der Waals surface area contributed by atoms with Gasteiger partial charge in [-0.15, -0.1) is 0 Å². The normalized spacial score (nSPS) is 13.7. The summed E-state index contributed by atoms with van der Waals surface area (Å²) in [6.45, 7) is 1.45. The van der Waals surface area contributed by atoms with Crippen LogP contribution in [0.25, 0.3) is 0 Å². The number of anilines is 4. The van der Waals surface area contributed by atoms with Crippen molar-refractivity contribution in [2.45, 2.75) is 24.2 Å². The Hall–Kier alpha value is -2.73. The molecule has 8 nitrogen and oxygen atoms in total. The summed E-state index contributed by atoms with van der Waals surface area (Å²) < 4.78 is 49.9. The van der Waals surface area contributed by atoms with Crippen LogP contribution >= 0.6 is 0 Å². The molecule has 0 saturated carbocycles. The van der Waals surface area contributed by atoms with Crippen molar-refractivity contribution in [2.24, 2.45) is 0 Å². The van der Waals surface area contributed by atoms with Crippen molar-refractivity contribution in [2.75, 3.05) is 28.4 Å². The zero-order valence-corrected chi connectivity index (χ0v) is 15.1. The fourth-order valence-corrected chi connectivity index (χ4v) is 2.72. The predicted molar refractivity (Wildman–Crippen MR) is 96.3 cm³/mol. The molecule has 0 aliphatic heterocycles. The topological polar surface area (TPSA) is 142 Å². The van der Waals surface area contributed by atoms with Crippen molar-refractivity contribution in [1.82, 2.24) is 9.97 Å². The number of hydrogen-bond donors (Lipinski definition) is 4. The summed E-state index contributed by atoms with van der Waals surface area (Å²) in [4.78, 5) is 19.9. The number of amides is 1. The van der Waals surface area contributed by atoms with E-state index in [1.54, 1.807) is 0 Å². The molecule has 1 heterocycles. The Morgan fingerprint density at radius 1 is 1.30 bits per heavy atom. The molecule has 27 heavy (non-hydrogen) atoms. The number of benzene rings is 1. The monoisotopic (exact) mass is 402 g/mol. The Morgan fingerprint density at radius 2 is 1.96 bits per heavy atom. The first-order chi connectivity index (χ1) is 12.5. The highest BCUT2D eigenvalue weighted by Crippen LogP contribution is 2.30. The van der Waals surface area contributed by atoms with E-state index in [0.29, 0.717) is 0 Å². The highest BCUT2D eigenvalue weighted by atomic mass is 32.2. The molecule has 6 N–H and O–H groups in total. The van der Waals surface area contributed by atoms with E-state index in [9.17, 15) is 22.5 Å². The number of nitrogens with one attached hydrogen (secondary N) is 2. The lowest BCUT2D eigenvalue weighted by Gasteiger charge is -2.17. The predicted octanol–water partition coefficient (Wildman–Crippen LogP) is 1.84. The lowest BCUT2D eigenvalue weighted by atomic mass is 10.2. The molecule has 2 rings (SSSR count). The van der Waals surface area contributed by atoms with Crippen LogP contribution in [0.15, 0.2) is 29.3 Å². The molecule has 146 valence electrons. The summed E-state index contributed by atoms with van der Waals surface area (Å²) in [5.41, 5.74) is 10.4. The zero-order chi connectivity index (χ0) is 20.4. The maximum absolute atomic E-state index is 12.7. The first-order valence-electron chi connectivity index (χ1n) is 7.50. The molecular formula is C15H17F3N6O2S. The van der Waals surface area contributed by atoms with Gasteiger partial charge < -0.3 is 26.7 Å². The molecule has 0 fully saturated rings. The first-order valence-corrected chi connectivity index (χ1v) is 9.06. The van der Waals surface area contributed by atoms with Crippen LogP contribution in [0.5, 0.6) is 0 Å². The third-order valence-corrected chi connectivity index (χ3v) is 4.26. The minimum absolute atomic E-state index is 0.000563. The number of nitrogen functional groups attached to an aromatic ring is 2.